The molecule has 2 rings (SSSR count). The van der Waals surface area contributed by atoms with E-state index < -0.39 is 0 Å². The second-order valence-corrected chi connectivity index (χ2v) is 5.72. The van der Waals surface area contributed by atoms with Gasteiger partial charge in [0.05, 0.1) is 4.88 Å². The normalized spacial score (nSPS) is 17.8. The van der Waals surface area contributed by atoms with E-state index >= 15 is 0 Å². The molecule has 17 heavy (non-hydrogen) atoms. The first kappa shape index (κ1) is 12.4. The Morgan fingerprint density at radius 3 is 2.94 bits per heavy atom. The predicted molar refractivity (Wildman–Crippen MR) is 75.8 cm³/mol. The number of thiophene rings is 1. The van der Waals surface area contributed by atoms with Crippen molar-refractivity contribution in [2.24, 2.45) is 5.73 Å². The van der Waals surface area contributed by atoms with E-state index in [1.165, 1.54) is 41.7 Å². The third kappa shape index (κ3) is 2.78. The van der Waals surface area contributed by atoms with Crippen molar-refractivity contribution in [2.75, 3.05) is 0 Å². The van der Waals surface area contributed by atoms with Crippen LogP contribution in [-0.2, 0) is 6.42 Å². The molecule has 0 unspecified atom stereocenters. The molecule has 0 saturated heterocycles. The van der Waals surface area contributed by atoms with Crippen LogP contribution in [0, 0.1) is 5.41 Å². The maximum atomic E-state index is 7.54. The molecule has 0 spiro atoms. The monoisotopic (exact) mass is 248 g/mol. The average Bonchev–Trinajstić information content (AvgIpc) is 2.64. The topological polar surface area (TPSA) is 49.9 Å². The lowest BCUT2D eigenvalue weighted by Crippen LogP contribution is -2.08. The van der Waals surface area contributed by atoms with Gasteiger partial charge < -0.3 is 5.73 Å². The molecule has 3 N–H and O–H groups in total. The Hall–Kier alpha value is -1.09. The minimum atomic E-state index is 0.206. The van der Waals surface area contributed by atoms with Crippen LogP contribution in [-0.4, -0.2) is 5.84 Å². The molecule has 0 amide bonds. The zero-order chi connectivity index (χ0) is 12.3. The molecular weight excluding hydrogens is 228 g/mol. The molecule has 1 aliphatic rings. The van der Waals surface area contributed by atoms with Crippen LogP contribution in [0.3, 0.4) is 0 Å². The molecular formula is C14H20N2S. The van der Waals surface area contributed by atoms with Gasteiger partial charge in [-0.25, -0.2) is 0 Å². The molecule has 3 heteroatoms. The minimum Gasteiger partial charge on any atom is -0.383 e. The van der Waals surface area contributed by atoms with Crippen molar-refractivity contribution in [3.63, 3.8) is 0 Å². The molecule has 0 aliphatic heterocycles. The zero-order valence-corrected chi connectivity index (χ0v) is 11.2. The highest BCUT2D eigenvalue weighted by Gasteiger charge is 2.16. The standard InChI is InChI=1S/C14H20N2S/c1-2-3-6-10-7-4-5-8-12-11(10)9-13(17-12)14(15)16/h6,9H,2-5,7-8H2,1H3,(H3,15,16). The number of hydrogen-bond donors (Lipinski definition) is 2. The highest BCUT2D eigenvalue weighted by Crippen LogP contribution is 2.35. The van der Waals surface area contributed by atoms with E-state index in [0.29, 0.717) is 0 Å². The van der Waals surface area contributed by atoms with Crippen molar-refractivity contribution >= 4 is 22.7 Å². The summed E-state index contributed by atoms with van der Waals surface area (Å²) in [6.45, 7) is 2.21. The molecule has 1 heterocycles. The largest absolute Gasteiger partial charge is 0.383 e. The van der Waals surface area contributed by atoms with E-state index in [9.17, 15) is 0 Å². The molecule has 92 valence electrons. The second-order valence-electron chi connectivity index (χ2n) is 4.59. The summed E-state index contributed by atoms with van der Waals surface area (Å²) < 4.78 is 0. The van der Waals surface area contributed by atoms with Crippen molar-refractivity contribution < 1.29 is 0 Å². The highest BCUT2D eigenvalue weighted by molar-refractivity contribution is 7.14. The number of amidine groups is 1. The zero-order valence-electron chi connectivity index (χ0n) is 10.4. The molecule has 1 aromatic rings. The Bertz CT molecular complexity index is 443. The maximum Gasteiger partial charge on any atom is 0.133 e. The van der Waals surface area contributed by atoms with Crippen molar-refractivity contribution in [1.29, 1.82) is 5.41 Å². The summed E-state index contributed by atoms with van der Waals surface area (Å²) in [5.41, 5.74) is 8.43. The molecule has 0 radical (unpaired) electrons. The van der Waals surface area contributed by atoms with Gasteiger partial charge in [0.2, 0.25) is 0 Å². The smallest absolute Gasteiger partial charge is 0.133 e. The Morgan fingerprint density at radius 2 is 2.24 bits per heavy atom. The van der Waals surface area contributed by atoms with Crippen molar-refractivity contribution in [1.82, 2.24) is 0 Å². The third-order valence-electron chi connectivity index (χ3n) is 3.20. The molecule has 1 aromatic heterocycles. The van der Waals surface area contributed by atoms with Gasteiger partial charge in [-0.1, -0.05) is 19.4 Å². The van der Waals surface area contributed by atoms with Crippen LogP contribution in [0.25, 0.3) is 5.57 Å². The molecule has 0 atom stereocenters. The maximum absolute atomic E-state index is 7.54. The second kappa shape index (κ2) is 5.50. The summed E-state index contributed by atoms with van der Waals surface area (Å²) in [5, 5.41) is 7.54. The van der Waals surface area contributed by atoms with Crippen LogP contribution in [0.15, 0.2) is 12.1 Å². The SMILES string of the molecule is CCCC=C1CCCCc2sc(C(=N)N)cc21. The van der Waals surface area contributed by atoms with Gasteiger partial charge in [-0.05, 0) is 49.3 Å². The molecule has 0 saturated carbocycles. The first-order valence-corrected chi connectivity index (χ1v) is 7.20. The first-order chi connectivity index (χ1) is 8.22. The fraction of sp³-hybridized carbons (Fsp3) is 0.500. The molecule has 2 nitrogen and oxygen atoms in total. The fourth-order valence-corrected chi connectivity index (χ4v) is 3.38. The number of allylic oxidation sites excluding steroid dienone is 2. The van der Waals surface area contributed by atoms with Crippen molar-refractivity contribution in [3.8, 4) is 0 Å². The average molecular weight is 248 g/mol. The minimum absolute atomic E-state index is 0.206. The lowest BCUT2D eigenvalue weighted by molar-refractivity contribution is 0.775. The summed E-state index contributed by atoms with van der Waals surface area (Å²) >= 11 is 1.70. The summed E-state index contributed by atoms with van der Waals surface area (Å²) in [6, 6.07) is 2.12. The van der Waals surface area contributed by atoms with Gasteiger partial charge in [0, 0.05) is 4.88 Å². The van der Waals surface area contributed by atoms with Crippen molar-refractivity contribution in [3.05, 3.63) is 27.5 Å². The van der Waals surface area contributed by atoms with Gasteiger partial charge in [-0.3, -0.25) is 5.41 Å². The van der Waals surface area contributed by atoms with Gasteiger partial charge in [0.15, 0.2) is 0 Å². The van der Waals surface area contributed by atoms with E-state index in [-0.39, 0.29) is 5.84 Å². The van der Waals surface area contributed by atoms with E-state index in [4.69, 9.17) is 11.1 Å². The Morgan fingerprint density at radius 1 is 1.47 bits per heavy atom. The summed E-state index contributed by atoms with van der Waals surface area (Å²) in [7, 11) is 0. The number of fused-ring (bicyclic) bond motifs is 1. The van der Waals surface area contributed by atoms with Gasteiger partial charge in [-0.15, -0.1) is 11.3 Å². The summed E-state index contributed by atoms with van der Waals surface area (Å²) in [5.74, 6) is 0.206. The number of aryl methyl sites for hydroxylation is 1. The van der Waals surface area contributed by atoms with E-state index in [2.05, 4.69) is 19.1 Å². The van der Waals surface area contributed by atoms with Crippen LogP contribution in [0.1, 0.15) is 54.3 Å². The number of nitrogen functional groups attached to an aromatic ring is 1. The number of rotatable bonds is 3. The first-order valence-electron chi connectivity index (χ1n) is 6.39. The fourth-order valence-electron chi connectivity index (χ4n) is 2.29. The third-order valence-corrected chi connectivity index (χ3v) is 4.43. The van der Waals surface area contributed by atoms with Crippen LogP contribution in [0.2, 0.25) is 0 Å². The van der Waals surface area contributed by atoms with Crippen LogP contribution >= 0.6 is 11.3 Å². The lowest BCUT2D eigenvalue weighted by atomic mass is 10.0. The van der Waals surface area contributed by atoms with Crippen LogP contribution < -0.4 is 5.73 Å². The molecule has 0 bridgehead atoms. The molecule has 1 aliphatic carbocycles. The number of nitrogens with two attached hydrogens (primary N) is 1. The Labute approximate surface area is 107 Å². The van der Waals surface area contributed by atoms with Gasteiger partial charge in [-0.2, -0.15) is 0 Å². The quantitative estimate of drug-likeness (QED) is 0.475. The predicted octanol–water partition coefficient (Wildman–Crippen LogP) is 3.94. The lowest BCUT2D eigenvalue weighted by Gasteiger charge is -2.03. The van der Waals surface area contributed by atoms with Crippen LogP contribution in [0.5, 0.6) is 0 Å². The highest BCUT2D eigenvalue weighted by atomic mass is 32.1. The summed E-state index contributed by atoms with van der Waals surface area (Å²) in [6.07, 6.45) is 9.60. The van der Waals surface area contributed by atoms with Crippen molar-refractivity contribution in [2.45, 2.75) is 45.4 Å². The molecule has 0 fully saturated rings. The number of hydrogen-bond acceptors (Lipinski definition) is 2. The van der Waals surface area contributed by atoms with E-state index in [0.717, 1.165) is 17.7 Å². The van der Waals surface area contributed by atoms with Crippen LogP contribution in [0.4, 0.5) is 0 Å². The van der Waals surface area contributed by atoms with E-state index in [1.54, 1.807) is 11.3 Å². The van der Waals surface area contributed by atoms with Gasteiger partial charge in [0.1, 0.15) is 5.84 Å². The Kier molecular flexibility index (Phi) is 4.00. The van der Waals surface area contributed by atoms with Gasteiger partial charge in [0.25, 0.3) is 0 Å². The number of nitrogens with one attached hydrogen (secondary N) is 1. The molecule has 0 aromatic carbocycles. The Balaban J connectivity index is 2.37. The van der Waals surface area contributed by atoms with E-state index in [1.807, 2.05) is 0 Å². The van der Waals surface area contributed by atoms with Gasteiger partial charge >= 0.3 is 0 Å². The number of unbranched alkanes of at least 4 members (excludes halogenated alkanes) is 1. The summed E-state index contributed by atoms with van der Waals surface area (Å²) in [4.78, 5) is 2.36.